The number of hydrogen-bond donors (Lipinski definition) is 1. The van der Waals surface area contributed by atoms with E-state index in [1.165, 1.54) is 12.0 Å². The Morgan fingerprint density at radius 3 is 2.65 bits per heavy atom. The van der Waals surface area contributed by atoms with Crippen LogP contribution in [-0.2, 0) is 13.1 Å². The van der Waals surface area contributed by atoms with Crippen molar-refractivity contribution in [2.45, 2.75) is 20.0 Å². The summed E-state index contributed by atoms with van der Waals surface area (Å²) in [5, 5.41) is 7.49. The van der Waals surface area contributed by atoms with Gasteiger partial charge in [0, 0.05) is 18.4 Å². The third kappa shape index (κ3) is 2.54. The van der Waals surface area contributed by atoms with Gasteiger partial charge in [-0.2, -0.15) is 5.10 Å². The zero-order valence-electron chi connectivity index (χ0n) is 11.3. The Balaban J connectivity index is 1.67. The van der Waals surface area contributed by atoms with Crippen LogP contribution in [0.15, 0.2) is 49.4 Å². The maximum Gasteiger partial charge on any atom is 0.138 e. The van der Waals surface area contributed by atoms with Crippen LogP contribution in [0.25, 0.3) is 5.69 Å². The number of rotatable bonds is 5. The average molecular weight is 268 g/mol. The topological polar surface area (TPSA) is 60.6 Å². The highest BCUT2D eigenvalue weighted by Crippen LogP contribution is 2.13. The second kappa shape index (κ2) is 5.56. The minimum Gasteiger partial charge on any atom is -0.379 e. The predicted molar refractivity (Wildman–Crippen MR) is 76.6 cm³/mol. The lowest BCUT2D eigenvalue weighted by molar-refractivity contribution is 0.719. The van der Waals surface area contributed by atoms with E-state index < -0.39 is 0 Å². The Bertz CT molecular complexity index is 653. The maximum absolute atomic E-state index is 4.16. The van der Waals surface area contributed by atoms with Crippen molar-refractivity contribution in [1.82, 2.24) is 24.3 Å². The van der Waals surface area contributed by atoms with Crippen LogP contribution in [0.2, 0.25) is 0 Å². The van der Waals surface area contributed by atoms with Gasteiger partial charge in [-0.15, -0.1) is 0 Å². The SMILES string of the molecule is CCn1cncc1CNc1ccc(-n2cncn2)cc1. The molecule has 1 aromatic carbocycles. The third-order valence-electron chi connectivity index (χ3n) is 3.16. The van der Waals surface area contributed by atoms with Crippen molar-refractivity contribution < 1.29 is 0 Å². The molecule has 2 heterocycles. The molecule has 2 aromatic heterocycles. The average Bonchev–Trinajstić information content (AvgIpc) is 3.16. The molecule has 0 aliphatic rings. The van der Waals surface area contributed by atoms with Crippen LogP contribution in [0.5, 0.6) is 0 Å². The molecule has 0 fully saturated rings. The van der Waals surface area contributed by atoms with E-state index in [1.807, 2.05) is 36.8 Å². The van der Waals surface area contributed by atoms with E-state index in [9.17, 15) is 0 Å². The minimum atomic E-state index is 0.760. The van der Waals surface area contributed by atoms with Crippen LogP contribution in [0, 0.1) is 0 Å². The van der Waals surface area contributed by atoms with E-state index in [1.54, 1.807) is 11.0 Å². The summed E-state index contributed by atoms with van der Waals surface area (Å²) in [6, 6.07) is 8.08. The van der Waals surface area contributed by atoms with Crippen molar-refractivity contribution in [3.05, 3.63) is 55.1 Å². The summed E-state index contributed by atoms with van der Waals surface area (Å²) in [6.07, 6.45) is 6.95. The molecule has 3 aromatic rings. The van der Waals surface area contributed by atoms with Crippen LogP contribution in [-0.4, -0.2) is 24.3 Å². The molecule has 0 spiro atoms. The molecule has 0 saturated carbocycles. The summed E-state index contributed by atoms with van der Waals surface area (Å²) in [5.41, 5.74) is 3.23. The van der Waals surface area contributed by atoms with Crippen molar-refractivity contribution in [2.75, 3.05) is 5.32 Å². The molecule has 0 bridgehead atoms. The van der Waals surface area contributed by atoms with E-state index in [0.29, 0.717) is 0 Å². The lowest BCUT2D eigenvalue weighted by atomic mass is 10.2. The Morgan fingerprint density at radius 2 is 1.95 bits per heavy atom. The van der Waals surface area contributed by atoms with Gasteiger partial charge in [-0.05, 0) is 31.2 Å². The van der Waals surface area contributed by atoms with Crippen LogP contribution < -0.4 is 5.32 Å². The van der Waals surface area contributed by atoms with Crippen LogP contribution in [0.4, 0.5) is 5.69 Å². The molecule has 0 amide bonds. The number of benzene rings is 1. The molecule has 0 atom stereocenters. The second-order valence-corrected chi connectivity index (χ2v) is 4.41. The van der Waals surface area contributed by atoms with Crippen molar-refractivity contribution in [2.24, 2.45) is 0 Å². The Labute approximate surface area is 117 Å². The minimum absolute atomic E-state index is 0.760. The van der Waals surface area contributed by atoms with Gasteiger partial charge in [-0.1, -0.05) is 0 Å². The summed E-state index contributed by atoms with van der Waals surface area (Å²) in [6.45, 7) is 3.80. The van der Waals surface area contributed by atoms with Crippen molar-refractivity contribution in [3.63, 3.8) is 0 Å². The Morgan fingerprint density at radius 1 is 1.10 bits per heavy atom. The van der Waals surface area contributed by atoms with Crippen molar-refractivity contribution in [1.29, 1.82) is 0 Å². The van der Waals surface area contributed by atoms with Gasteiger partial charge in [0.2, 0.25) is 0 Å². The first-order valence-electron chi connectivity index (χ1n) is 6.55. The van der Waals surface area contributed by atoms with Gasteiger partial charge in [0.15, 0.2) is 0 Å². The number of aryl methyl sites for hydroxylation is 1. The smallest absolute Gasteiger partial charge is 0.138 e. The van der Waals surface area contributed by atoms with Gasteiger partial charge < -0.3 is 9.88 Å². The van der Waals surface area contributed by atoms with Crippen molar-refractivity contribution >= 4 is 5.69 Å². The van der Waals surface area contributed by atoms with Gasteiger partial charge in [0.25, 0.3) is 0 Å². The quantitative estimate of drug-likeness (QED) is 0.769. The summed E-state index contributed by atoms with van der Waals surface area (Å²) >= 11 is 0. The Hall–Kier alpha value is -2.63. The molecule has 0 saturated heterocycles. The largest absolute Gasteiger partial charge is 0.379 e. The van der Waals surface area contributed by atoms with E-state index in [4.69, 9.17) is 0 Å². The molecule has 1 N–H and O–H groups in total. The van der Waals surface area contributed by atoms with Crippen LogP contribution >= 0.6 is 0 Å². The van der Waals surface area contributed by atoms with E-state index in [0.717, 1.165) is 24.5 Å². The molecular weight excluding hydrogens is 252 g/mol. The van der Waals surface area contributed by atoms with Gasteiger partial charge in [-0.25, -0.2) is 14.6 Å². The molecule has 102 valence electrons. The fourth-order valence-corrected chi connectivity index (χ4v) is 2.05. The molecule has 0 aliphatic carbocycles. The van der Waals surface area contributed by atoms with Crippen LogP contribution in [0.1, 0.15) is 12.6 Å². The molecule has 0 unspecified atom stereocenters. The van der Waals surface area contributed by atoms with Gasteiger partial charge >= 0.3 is 0 Å². The van der Waals surface area contributed by atoms with Gasteiger partial charge in [-0.3, -0.25) is 0 Å². The molecule has 0 radical (unpaired) electrons. The lowest BCUT2D eigenvalue weighted by Crippen LogP contribution is -2.06. The number of nitrogens with one attached hydrogen (secondary N) is 1. The van der Waals surface area contributed by atoms with E-state index >= 15 is 0 Å². The number of hydrogen-bond acceptors (Lipinski definition) is 4. The highest BCUT2D eigenvalue weighted by molar-refractivity contribution is 5.48. The van der Waals surface area contributed by atoms with E-state index in [2.05, 4.69) is 31.9 Å². The van der Waals surface area contributed by atoms with Crippen LogP contribution in [0.3, 0.4) is 0 Å². The maximum atomic E-state index is 4.16. The zero-order valence-corrected chi connectivity index (χ0v) is 11.3. The first-order chi connectivity index (χ1) is 9.86. The molecule has 20 heavy (non-hydrogen) atoms. The summed E-state index contributed by atoms with van der Waals surface area (Å²) in [7, 11) is 0. The summed E-state index contributed by atoms with van der Waals surface area (Å²) in [5.74, 6) is 0. The third-order valence-corrected chi connectivity index (χ3v) is 3.16. The first kappa shape index (κ1) is 12.4. The highest BCUT2D eigenvalue weighted by atomic mass is 15.3. The fraction of sp³-hybridized carbons (Fsp3) is 0.214. The zero-order chi connectivity index (χ0) is 13.8. The highest BCUT2D eigenvalue weighted by Gasteiger charge is 2.01. The first-order valence-corrected chi connectivity index (χ1v) is 6.55. The normalized spacial score (nSPS) is 10.7. The molecule has 3 rings (SSSR count). The predicted octanol–water partition coefficient (Wildman–Crippen LogP) is 2.10. The fourth-order valence-electron chi connectivity index (χ4n) is 2.05. The number of imidazole rings is 1. The lowest BCUT2D eigenvalue weighted by Gasteiger charge is -2.09. The number of nitrogens with zero attached hydrogens (tertiary/aromatic N) is 5. The molecule has 6 nitrogen and oxygen atoms in total. The number of anilines is 1. The van der Waals surface area contributed by atoms with E-state index in [-0.39, 0.29) is 0 Å². The monoisotopic (exact) mass is 268 g/mol. The Kier molecular flexibility index (Phi) is 3.45. The summed E-state index contributed by atoms with van der Waals surface area (Å²) < 4.78 is 3.85. The molecule has 6 heteroatoms. The molecular formula is C14H16N6. The molecule has 0 aliphatic heterocycles. The number of aromatic nitrogens is 5. The van der Waals surface area contributed by atoms with Gasteiger partial charge in [0.1, 0.15) is 12.7 Å². The van der Waals surface area contributed by atoms with Crippen molar-refractivity contribution in [3.8, 4) is 5.69 Å². The second-order valence-electron chi connectivity index (χ2n) is 4.41. The summed E-state index contributed by atoms with van der Waals surface area (Å²) in [4.78, 5) is 8.09. The van der Waals surface area contributed by atoms with Gasteiger partial charge in [0.05, 0.1) is 24.3 Å². The standard InChI is InChI=1S/C14H16N6/c1-2-19-10-15-7-14(19)8-17-12-3-5-13(6-4-12)20-11-16-9-18-20/h3-7,9-11,17H,2,8H2,1H3.